The highest BCUT2D eigenvalue weighted by Crippen LogP contribution is 2.28. The van der Waals surface area contributed by atoms with Crippen molar-refractivity contribution in [1.29, 1.82) is 0 Å². The van der Waals surface area contributed by atoms with E-state index in [1.807, 2.05) is 31.2 Å². The van der Waals surface area contributed by atoms with Crippen molar-refractivity contribution in [1.82, 2.24) is 10.2 Å². The number of nitrogens with one attached hydrogen (secondary N) is 1. The van der Waals surface area contributed by atoms with Crippen LogP contribution in [0.4, 0.5) is 11.4 Å². The number of aryl methyl sites for hydroxylation is 2. The van der Waals surface area contributed by atoms with E-state index in [-0.39, 0.29) is 22.4 Å². The van der Waals surface area contributed by atoms with Gasteiger partial charge in [0.2, 0.25) is 11.8 Å². The molecule has 2 aromatic carbocycles. The Balaban J connectivity index is 1.64. The molecule has 0 saturated heterocycles. The third-order valence-electron chi connectivity index (χ3n) is 3.74. The lowest BCUT2D eigenvalue weighted by atomic mass is 10.1. The maximum atomic E-state index is 12.2. The van der Waals surface area contributed by atoms with Crippen LogP contribution in [0.15, 0.2) is 52.1 Å². The molecule has 0 unspecified atom stereocenters. The summed E-state index contributed by atoms with van der Waals surface area (Å²) < 4.78 is 5.55. The number of nitro groups is 1. The molecule has 1 amide bonds. The van der Waals surface area contributed by atoms with E-state index >= 15 is 0 Å². The van der Waals surface area contributed by atoms with E-state index in [0.29, 0.717) is 11.5 Å². The fourth-order valence-electron chi connectivity index (χ4n) is 2.35. The minimum absolute atomic E-state index is 0.0129. The van der Waals surface area contributed by atoms with Crippen LogP contribution in [-0.4, -0.2) is 26.8 Å². The number of aromatic nitrogens is 2. The first-order valence-electron chi connectivity index (χ1n) is 8.01. The summed E-state index contributed by atoms with van der Waals surface area (Å²) in [6.07, 6.45) is 0. The minimum Gasteiger partial charge on any atom is -0.411 e. The van der Waals surface area contributed by atoms with Crippen LogP contribution < -0.4 is 5.32 Å². The van der Waals surface area contributed by atoms with E-state index in [2.05, 4.69) is 15.5 Å². The quantitative estimate of drug-likeness (QED) is 0.388. The molecule has 1 N–H and O–H groups in total. The summed E-state index contributed by atoms with van der Waals surface area (Å²) in [4.78, 5) is 22.8. The maximum absolute atomic E-state index is 12.2. The first-order chi connectivity index (χ1) is 12.9. The van der Waals surface area contributed by atoms with Crippen molar-refractivity contribution in [3.63, 3.8) is 0 Å². The molecule has 0 saturated carbocycles. The summed E-state index contributed by atoms with van der Waals surface area (Å²) in [5.74, 6) is -0.0407. The molecule has 138 valence electrons. The highest BCUT2D eigenvalue weighted by molar-refractivity contribution is 7.99. The first-order valence-corrected chi connectivity index (χ1v) is 9.00. The summed E-state index contributed by atoms with van der Waals surface area (Å²) in [5.41, 5.74) is 2.57. The van der Waals surface area contributed by atoms with Crippen LogP contribution in [-0.2, 0) is 4.79 Å². The second kappa shape index (κ2) is 8.00. The molecule has 3 rings (SSSR count). The van der Waals surface area contributed by atoms with E-state index in [1.54, 1.807) is 19.1 Å². The van der Waals surface area contributed by atoms with Gasteiger partial charge in [0, 0.05) is 11.6 Å². The van der Waals surface area contributed by atoms with E-state index in [1.165, 1.54) is 6.07 Å². The molecule has 0 aliphatic carbocycles. The number of carbonyl (C=O) groups excluding carboxylic acids is 1. The molecular formula is C18H16N4O4S. The van der Waals surface area contributed by atoms with Crippen molar-refractivity contribution in [2.75, 3.05) is 11.1 Å². The third-order valence-corrected chi connectivity index (χ3v) is 4.56. The highest BCUT2D eigenvalue weighted by Gasteiger charge is 2.18. The summed E-state index contributed by atoms with van der Waals surface area (Å²) >= 11 is 1.06. The number of carbonyl (C=O) groups is 1. The Kier molecular flexibility index (Phi) is 5.51. The molecule has 3 aromatic rings. The van der Waals surface area contributed by atoms with Crippen LogP contribution >= 0.6 is 11.8 Å². The Morgan fingerprint density at radius 2 is 1.93 bits per heavy atom. The van der Waals surface area contributed by atoms with Gasteiger partial charge < -0.3 is 9.73 Å². The van der Waals surface area contributed by atoms with Crippen molar-refractivity contribution >= 4 is 29.0 Å². The number of thioether (sulfide) groups is 1. The topological polar surface area (TPSA) is 111 Å². The SMILES string of the molecule is Cc1ccc(-c2nnc(SCC(=O)Nc3c(C)cccc3[N+](=O)[O-])o2)cc1. The fraction of sp³-hybridized carbons (Fsp3) is 0.167. The van der Waals surface area contributed by atoms with Gasteiger partial charge in [-0.1, -0.05) is 41.6 Å². The van der Waals surface area contributed by atoms with Crippen molar-refractivity contribution in [3.8, 4) is 11.5 Å². The number of para-hydroxylation sites is 1. The van der Waals surface area contributed by atoms with Gasteiger partial charge in [0.05, 0.1) is 10.7 Å². The second-order valence-corrected chi connectivity index (χ2v) is 6.73. The third kappa shape index (κ3) is 4.50. The molecule has 9 heteroatoms. The van der Waals surface area contributed by atoms with Crippen LogP contribution in [0, 0.1) is 24.0 Å². The lowest BCUT2D eigenvalue weighted by molar-refractivity contribution is -0.384. The van der Waals surface area contributed by atoms with Crippen LogP contribution in [0.2, 0.25) is 0 Å². The number of rotatable bonds is 6. The van der Waals surface area contributed by atoms with Gasteiger partial charge in [-0.2, -0.15) is 0 Å². The predicted octanol–water partition coefficient (Wildman–Crippen LogP) is 3.99. The Morgan fingerprint density at radius 1 is 1.19 bits per heavy atom. The summed E-state index contributed by atoms with van der Waals surface area (Å²) in [6.45, 7) is 3.68. The standard InChI is InChI=1S/C18H16N4O4S/c1-11-6-8-13(9-7-11)17-20-21-18(26-17)27-10-15(23)19-16-12(2)4-3-5-14(16)22(24)25/h3-9H,10H2,1-2H3,(H,19,23). The van der Waals surface area contributed by atoms with Gasteiger partial charge in [-0.05, 0) is 31.5 Å². The van der Waals surface area contributed by atoms with Crippen LogP contribution in [0.25, 0.3) is 11.5 Å². The fourth-order valence-corrected chi connectivity index (χ4v) is 2.91. The largest absolute Gasteiger partial charge is 0.411 e. The monoisotopic (exact) mass is 384 g/mol. The Morgan fingerprint density at radius 3 is 2.63 bits per heavy atom. The van der Waals surface area contributed by atoms with Crippen molar-refractivity contribution < 1.29 is 14.1 Å². The molecule has 1 heterocycles. The lowest BCUT2D eigenvalue weighted by Gasteiger charge is -2.08. The normalized spacial score (nSPS) is 10.6. The molecule has 0 aliphatic heterocycles. The predicted molar refractivity (Wildman–Crippen MR) is 102 cm³/mol. The van der Waals surface area contributed by atoms with E-state index in [9.17, 15) is 14.9 Å². The number of hydrogen-bond acceptors (Lipinski definition) is 7. The number of nitro benzene ring substituents is 1. The molecule has 0 atom stereocenters. The molecule has 0 radical (unpaired) electrons. The number of hydrogen-bond donors (Lipinski definition) is 1. The highest BCUT2D eigenvalue weighted by atomic mass is 32.2. The lowest BCUT2D eigenvalue weighted by Crippen LogP contribution is -2.16. The summed E-state index contributed by atoms with van der Waals surface area (Å²) in [7, 11) is 0. The zero-order valence-corrected chi connectivity index (χ0v) is 15.4. The zero-order valence-electron chi connectivity index (χ0n) is 14.6. The number of amides is 1. The van der Waals surface area contributed by atoms with E-state index < -0.39 is 10.8 Å². The van der Waals surface area contributed by atoms with Gasteiger partial charge >= 0.3 is 0 Å². The van der Waals surface area contributed by atoms with Crippen molar-refractivity contribution in [2.24, 2.45) is 0 Å². The van der Waals surface area contributed by atoms with E-state index in [0.717, 1.165) is 22.9 Å². The molecule has 8 nitrogen and oxygen atoms in total. The van der Waals surface area contributed by atoms with Gasteiger partial charge in [-0.25, -0.2) is 0 Å². The van der Waals surface area contributed by atoms with Gasteiger partial charge in [-0.3, -0.25) is 14.9 Å². The zero-order chi connectivity index (χ0) is 19.4. The summed E-state index contributed by atoms with van der Waals surface area (Å²) in [6, 6.07) is 12.2. The molecule has 0 bridgehead atoms. The average Bonchev–Trinajstić information content (AvgIpc) is 3.11. The second-order valence-electron chi connectivity index (χ2n) is 5.80. The molecule has 0 aliphatic rings. The van der Waals surface area contributed by atoms with Crippen molar-refractivity contribution in [3.05, 3.63) is 63.7 Å². The molecular weight excluding hydrogens is 368 g/mol. The summed E-state index contributed by atoms with van der Waals surface area (Å²) in [5, 5.41) is 21.8. The molecule has 27 heavy (non-hydrogen) atoms. The molecule has 1 aromatic heterocycles. The number of nitrogens with zero attached hydrogens (tertiary/aromatic N) is 3. The van der Waals surface area contributed by atoms with Crippen LogP contribution in [0.5, 0.6) is 0 Å². The number of benzene rings is 2. The average molecular weight is 384 g/mol. The first kappa shape index (κ1) is 18.6. The van der Waals surface area contributed by atoms with E-state index in [4.69, 9.17) is 4.42 Å². The van der Waals surface area contributed by atoms with Crippen LogP contribution in [0.1, 0.15) is 11.1 Å². The Labute approximate surface area is 159 Å². The van der Waals surface area contributed by atoms with Gasteiger partial charge in [0.25, 0.3) is 10.9 Å². The Hall–Kier alpha value is -3.20. The smallest absolute Gasteiger partial charge is 0.293 e. The van der Waals surface area contributed by atoms with Gasteiger partial charge in [0.15, 0.2) is 0 Å². The van der Waals surface area contributed by atoms with Gasteiger partial charge in [0.1, 0.15) is 5.69 Å². The van der Waals surface area contributed by atoms with Crippen molar-refractivity contribution in [2.45, 2.75) is 19.1 Å². The Bertz CT molecular complexity index is 985. The van der Waals surface area contributed by atoms with Crippen LogP contribution in [0.3, 0.4) is 0 Å². The molecule has 0 spiro atoms. The van der Waals surface area contributed by atoms with Gasteiger partial charge in [-0.15, -0.1) is 10.2 Å². The minimum atomic E-state index is -0.526. The maximum Gasteiger partial charge on any atom is 0.293 e. The molecule has 0 fully saturated rings. The number of anilines is 1.